The molecule has 2 N–H and O–H groups in total. The SMILES string of the molecule is O=C(CCCc1ccccn1)NCCC(O)c1ccccc1. The average molecular weight is 298 g/mol. The molecule has 0 spiro atoms. The highest BCUT2D eigenvalue weighted by molar-refractivity contribution is 5.75. The third-order valence-electron chi connectivity index (χ3n) is 3.49. The summed E-state index contributed by atoms with van der Waals surface area (Å²) in [6, 6.07) is 15.3. The zero-order valence-corrected chi connectivity index (χ0v) is 12.6. The van der Waals surface area contributed by atoms with E-state index in [9.17, 15) is 9.90 Å². The summed E-state index contributed by atoms with van der Waals surface area (Å²) in [7, 11) is 0. The molecular weight excluding hydrogens is 276 g/mol. The van der Waals surface area contributed by atoms with Gasteiger partial charge in [-0.05, 0) is 37.0 Å². The molecule has 0 aliphatic heterocycles. The first-order chi connectivity index (χ1) is 10.8. The molecule has 0 saturated carbocycles. The van der Waals surface area contributed by atoms with E-state index in [1.165, 1.54) is 0 Å². The number of hydrogen-bond acceptors (Lipinski definition) is 3. The summed E-state index contributed by atoms with van der Waals surface area (Å²) in [5.74, 6) is 0.0243. The van der Waals surface area contributed by atoms with E-state index in [1.54, 1.807) is 6.20 Å². The number of aliphatic hydroxyl groups excluding tert-OH is 1. The molecule has 2 rings (SSSR count). The van der Waals surface area contributed by atoms with Crippen LogP contribution in [0.2, 0.25) is 0 Å². The van der Waals surface area contributed by atoms with E-state index >= 15 is 0 Å². The third kappa shape index (κ3) is 5.66. The van der Waals surface area contributed by atoms with Crippen molar-refractivity contribution in [2.24, 2.45) is 0 Å². The molecule has 0 fully saturated rings. The number of nitrogens with zero attached hydrogens (tertiary/aromatic N) is 1. The number of rotatable bonds is 8. The number of nitrogens with one attached hydrogen (secondary N) is 1. The molecule has 4 heteroatoms. The van der Waals surface area contributed by atoms with E-state index in [1.807, 2.05) is 48.5 Å². The van der Waals surface area contributed by atoms with Crippen LogP contribution in [0.25, 0.3) is 0 Å². The van der Waals surface area contributed by atoms with Crippen molar-refractivity contribution < 1.29 is 9.90 Å². The number of aliphatic hydroxyl groups is 1. The lowest BCUT2D eigenvalue weighted by Crippen LogP contribution is -2.25. The minimum atomic E-state index is -0.532. The number of benzene rings is 1. The molecule has 1 aromatic carbocycles. The highest BCUT2D eigenvalue weighted by atomic mass is 16.3. The van der Waals surface area contributed by atoms with Crippen LogP contribution in [0.15, 0.2) is 54.7 Å². The minimum Gasteiger partial charge on any atom is -0.388 e. The normalized spacial score (nSPS) is 11.9. The largest absolute Gasteiger partial charge is 0.388 e. The Kier molecular flexibility index (Phi) is 6.58. The van der Waals surface area contributed by atoms with Gasteiger partial charge in [0.05, 0.1) is 6.10 Å². The van der Waals surface area contributed by atoms with Gasteiger partial charge < -0.3 is 10.4 Å². The summed E-state index contributed by atoms with van der Waals surface area (Å²) in [4.78, 5) is 16.0. The first-order valence-electron chi connectivity index (χ1n) is 7.65. The molecule has 1 unspecified atom stereocenters. The van der Waals surface area contributed by atoms with Crippen LogP contribution in [0.3, 0.4) is 0 Å². The lowest BCUT2D eigenvalue weighted by molar-refractivity contribution is -0.121. The molecule has 4 nitrogen and oxygen atoms in total. The summed E-state index contributed by atoms with van der Waals surface area (Å²) in [6.45, 7) is 0.485. The fraction of sp³-hybridized carbons (Fsp3) is 0.333. The molecule has 2 aromatic rings. The highest BCUT2D eigenvalue weighted by Crippen LogP contribution is 2.14. The van der Waals surface area contributed by atoms with Crippen molar-refractivity contribution in [3.8, 4) is 0 Å². The molecule has 0 saturated heterocycles. The van der Waals surface area contributed by atoms with Crippen molar-refractivity contribution in [3.63, 3.8) is 0 Å². The Morgan fingerprint density at radius 3 is 2.64 bits per heavy atom. The van der Waals surface area contributed by atoms with Gasteiger partial charge in [0.15, 0.2) is 0 Å². The summed E-state index contributed by atoms with van der Waals surface area (Å²) in [5, 5.41) is 12.8. The minimum absolute atomic E-state index is 0.0243. The van der Waals surface area contributed by atoms with Gasteiger partial charge in [0.1, 0.15) is 0 Å². The second kappa shape index (κ2) is 8.95. The smallest absolute Gasteiger partial charge is 0.220 e. The van der Waals surface area contributed by atoms with Gasteiger partial charge in [-0.15, -0.1) is 0 Å². The summed E-state index contributed by atoms with van der Waals surface area (Å²) >= 11 is 0. The van der Waals surface area contributed by atoms with E-state index < -0.39 is 6.10 Å². The monoisotopic (exact) mass is 298 g/mol. The Morgan fingerprint density at radius 2 is 1.91 bits per heavy atom. The van der Waals surface area contributed by atoms with Crippen LogP contribution in [-0.2, 0) is 11.2 Å². The van der Waals surface area contributed by atoms with Gasteiger partial charge in [0.25, 0.3) is 0 Å². The number of aryl methyl sites for hydroxylation is 1. The fourth-order valence-corrected chi connectivity index (χ4v) is 2.25. The maximum atomic E-state index is 11.7. The van der Waals surface area contributed by atoms with Gasteiger partial charge in [0, 0.05) is 24.9 Å². The molecule has 1 aromatic heterocycles. The topological polar surface area (TPSA) is 62.2 Å². The van der Waals surface area contributed by atoms with Crippen LogP contribution in [-0.4, -0.2) is 22.5 Å². The van der Waals surface area contributed by atoms with Crippen molar-refractivity contribution in [2.75, 3.05) is 6.54 Å². The van der Waals surface area contributed by atoms with Crippen LogP contribution in [0, 0.1) is 0 Å². The van der Waals surface area contributed by atoms with E-state index in [0.717, 1.165) is 24.1 Å². The van der Waals surface area contributed by atoms with Gasteiger partial charge >= 0.3 is 0 Å². The highest BCUT2D eigenvalue weighted by Gasteiger charge is 2.07. The average Bonchev–Trinajstić information content (AvgIpc) is 2.56. The summed E-state index contributed by atoms with van der Waals surface area (Å²) in [6.07, 6.45) is 3.83. The molecule has 1 atom stereocenters. The quantitative estimate of drug-likeness (QED) is 0.787. The van der Waals surface area contributed by atoms with E-state index in [-0.39, 0.29) is 5.91 Å². The molecule has 22 heavy (non-hydrogen) atoms. The first kappa shape index (κ1) is 16.2. The number of pyridine rings is 1. The Labute approximate surface area is 131 Å². The zero-order chi connectivity index (χ0) is 15.6. The Morgan fingerprint density at radius 1 is 1.14 bits per heavy atom. The van der Waals surface area contributed by atoms with Crippen LogP contribution in [0.5, 0.6) is 0 Å². The second-order valence-electron chi connectivity index (χ2n) is 5.24. The van der Waals surface area contributed by atoms with Gasteiger partial charge in [0.2, 0.25) is 5.91 Å². The number of carbonyl (C=O) groups excluding carboxylic acids is 1. The van der Waals surface area contributed by atoms with Crippen molar-refractivity contribution in [3.05, 3.63) is 66.0 Å². The van der Waals surface area contributed by atoms with Crippen molar-refractivity contribution in [2.45, 2.75) is 31.8 Å². The fourth-order valence-electron chi connectivity index (χ4n) is 2.25. The van der Waals surface area contributed by atoms with Crippen molar-refractivity contribution in [1.29, 1.82) is 0 Å². The van der Waals surface area contributed by atoms with Gasteiger partial charge in [-0.1, -0.05) is 36.4 Å². The Balaban J connectivity index is 1.60. The van der Waals surface area contributed by atoms with E-state index in [2.05, 4.69) is 10.3 Å². The molecular formula is C18H22N2O2. The van der Waals surface area contributed by atoms with Gasteiger partial charge in [-0.2, -0.15) is 0 Å². The molecule has 0 bridgehead atoms. The molecule has 0 radical (unpaired) electrons. The molecule has 0 aliphatic carbocycles. The number of aromatic nitrogens is 1. The lowest BCUT2D eigenvalue weighted by Gasteiger charge is -2.11. The zero-order valence-electron chi connectivity index (χ0n) is 12.6. The Hall–Kier alpha value is -2.20. The number of hydrogen-bond donors (Lipinski definition) is 2. The summed E-state index contributed by atoms with van der Waals surface area (Å²) in [5.41, 5.74) is 1.89. The molecule has 1 heterocycles. The van der Waals surface area contributed by atoms with Crippen LogP contribution in [0.4, 0.5) is 0 Å². The number of amides is 1. The standard InChI is InChI=1S/C18H22N2O2/c21-17(15-7-2-1-3-8-15)12-14-20-18(22)11-6-10-16-9-4-5-13-19-16/h1-5,7-9,13,17,21H,6,10-12,14H2,(H,20,22). The van der Waals surface area contributed by atoms with E-state index in [0.29, 0.717) is 19.4 Å². The maximum absolute atomic E-state index is 11.7. The lowest BCUT2D eigenvalue weighted by atomic mass is 10.1. The van der Waals surface area contributed by atoms with Crippen LogP contribution >= 0.6 is 0 Å². The van der Waals surface area contributed by atoms with Crippen LogP contribution < -0.4 is 5.32 Å². The second-order valence-corrected chi connectivity index (χ2v) is 5.24. The molecule has 0 aliphatic rings. The maximum Gasteiger partial charge on any atom is 0.220 e. The predicted molar refractivity (Wildman–Crippen MR) is 86.2 cm³/mol. The van der Waals surface area contributed by atoms with Crippen molar-refractivity contribution >= 4 is 5.91 Å². The number of carbonyl (C=O) groups is 1. The predicted octanol–water partition coefficient (Wildman–Crippen LogP) is 2.64. The summed E-state index contributed by atoms with van der Waals surface area (Å²) < 4.78 is 0. The molecule has 1 amide bonds. The van der Waals surface area contributed by atoms with Gasteiger partial charge in [-0.25, -0.2) is 0 Å². The van der Waals surface area contributed by atoms with Gasteiger partial charge in [-0.3, -0.25) is 9.78 Å². The van der Waals surface area contributed by atoms with Crippen LogP contribution in [0.1, 0.15) is 36.6 Å². The Bertz CT molecular complexity index is 558. The van der Waals surface area contributed by atoms with E-state index in [4.69, 9.17) is 0 Å². The third-order valence-corrected chi connectivity index (χ3v) is 3.49. The molecule has 116 valence electrons. The first-order valence-corrected chi connectivity index (χ1v) is 7.65. The van der Waals surface area contributed by atoms with Crippen molar-refractivity contribution in [1.82, 2.24) is 10.3 Å².